The van der Waals surface area contributed by atoms with Gasteiger partial charge in [-0.15, -0.1) is 0 Å². The zero-order chi connectivity index (χ0) is 55.4. The summed E-state index contributed by atoms with van der Waals surface area (Å²) in [5, 5.41) is 11.2. The molecule has 2 unspecified atom stereocenters. The summed E-state index contributed by atoms with van der Waals surface area (Å²) in [7, 11) is -4.87. The van der Waals surface area contributed by atoms with Gasteiger partial charge >= 0.3 is 7.60 Å². The minimum atomic E-state index is -4.87. The zero-order valence-corrected chi connectivity index (χ0v) is 53.6. The van der Waals surface area contributed by atoms with Crippen molar-refractivity contribution < 1.29 is 47.9 Å². The van der Waals surface area contributed by atoms with Crippen molar-refractivity contribution in [2.24, 2.45) is 0 Å². The second kappa shape index (κ2) is 67.6. The Kier molecular flexibility index (Phi) is 71.1. The Hall–Kier alpha value is -0.210. The van der Waals surface area contributed by atoms with Gasteiger partial charge in [0.2, 0.25) is 0 Å². The highest BCUT2D eigenvalue weighted by atomic mass is 31.2. The van der Waals surface area contributed by atoms with E-state index in [2.05, 4.69) is 27.7 Å². The van der Waals surface area contributed by atoms with E-state index in [9.17, 15) is 19.5 Å². The van der Waals surface area contributed by atoms with Gasteiger partial charge in [-0.05, 0) is 25.7 Å². The van der Waals surface area contributed by atoms with Gasteiger partial charge in [0.15, 0.2) is 5.85 Å². The molecule has 13 heteroatoms. The number of ether oxygens (including phenoxy) is 6. The van der Waals surface area contributed by atoms with Crippen molar-refractivity contribution in [3.05, 3.63) is 0 Å². The van der Waals surface area contributed by atoms with Gasteiger partial charge in [0.1, 0.15) is 18.3 Å². The molecule has 0 fully saturated rings. The van der Waals surface area contributed by atoms with Crippen LogP contribution in [-0.2, 0) is 33.0 Å². The van der Waals surface area contributed by atoms with Gasteiger partial charge in [-0.3, -0.25) is 4.57 Å². The second-order valence-corrected chi connectivity index (χ2v) is 24.8. The lowest BCUT2D eigenvalue weighted by atomic mass is 10.1. The van der Waals surface area contributed by atoms with Crippen LogP contribution in [0.5, 0.6) is 0 Å². The molecule has 0 heterocycles. The van der Waals surface area contributed by atoms with Crippen molar-refractivity contribution in [2.45, 2.75) is 360 Å². The largest absolute Gasteiger partial charge is 0.387 e. The topological polar surface area (TPSA) is 203 Å². The van der Waals surface area contributed by atoms with E-state index in [0.29, 0.717) is 33.0 Å². The molecule has 0 aromatic rings. The summed E-state index contributed by atoms with van der Waals surface area (Å²) in [6.45, 7) is 11.9. The maximum Gasteiger partial charge on any atom is 0.356 e. The smallest absolute Gasteiger partial charge is 0.356 e. The van der Waals surface area contributed by atoms with Crippen molar-refractivity contribution in [1.82, 2.24) is 12.3 Å². The number of aliphatic hydroxyl groups excluding tert-OH is 1. The molecule has 0 aromatic carbocycles. The Morgan fingerprint density at radius 2 is 0.500 bits per heavy atom. The Balaban J connectivity index is -0.0000281. The van der Waals surface area contributed by atoms with Gasteiger partial charge in [-0.1, -0.05) is 310 Å². The lowest BCUT2D eigenvalue weighted by Gasteiger charge is -2.27. The summed E-state index contributed by atoms with van der Waals surface area (Å²) in [6, 6.07) is 0. The van der Waals surface area contributed by atoms with Crippen LogP contribution in [0.3, 0.4) is 0 Å². The molecule has 0 aliphatic heterocycles. The first kappa shape index (κ1) is 82.0. The van der Waals surface area contributed by atoms with Gasteiger partial charge in [-0.25, -0.2) is 0 Å². The van der Waals surface area contributed by atoms with Gasteiger partial charge in [0.05, 0.1) is 33.0 Å². The van der Waals surface area contributed by atoms with E-state index in [4.69, 9.17) is 28.4 Å². The summed E-state index contributed by atoms with van der Waals surface area (Å²) >= 11 is 0. The fourth-order valence-electron chi connectivity index (χ4n) is 10.2. The minimum absolute atomic E-state index is 0. The first-order chi connectivity index (χ1) is 37.3. The number of hydrogen-bond donors (Lipinski definition) is 5. The Morgan fingerprint density at radius 3 is 0.756 bits per heavy atom. The van der Waals surface area contributed by atoms with E-state index < -0.39 is 25.6 Å². The fraction of sp³-hybridized carbons (Fsp3) is 1.00. The van der Waals surface area contributed by atoms with Crippen LogP contribution >= 0.6 is 7.60 Å². The predicted molar refractivity (Wildman–Crippen MR) is 334 cm³/mol. The fourth-order valence-corrected chi connectivity index (χ4v) is 11.1. The van der Waals surface area contributed by atoms with Crippen LogP contribution in [0.1, 0.15) is 336 Å². The summed E-state index contributed by atoms with van der Waals surface area (Å²) in [5.74, 6) is -1.75. The monoisotopic (exact) mass is 1140 g/mol. The summed E-state index contributed by atoms with van der Waals surface area (Å²) in [6.07, 6.45) is 59.0. The third-order valence-electron chi connectivity index (χ3n) is 15.3. The minimum Gasteiger partial charge on any atom is -0.387 e. The van der Waals surface area contributed by atoms with E-state index in [0.717, 1.165) is 51.4 Å². The number of unbranched alkanes of at least 4 members (excludes halogenated alkanes) is 44. The van der Waals surface area contributed by atoms with Crippen molar-refractivity contribution in [2.75, 3.05) is 59.5 Å². The summed E-state index contributed by atoms with van der Waals surface area (Å²) in [5.41, 5.74) is 0. The lowest BCUT2D eigenvalue weighted by molar-refractivity contribution is -0.108. The molecule has 9 N–H and O–H groups in total. The van der Waals surface area contributed by atoms with E-state index in [-0.39, 0.29) is 44.8 Å². The molecule has 12 nitrogen and oxygen atoms in total. The van der Waals surface area contributed by atoms with Crippen LogP contribution in [0.25, 0.3) is 0 Å². The first-order valence-electron chi connectivity index (χ1n) is 33.6. The third kappa shape index (κ3) is 61.9. The molecule has 0 aromatic heterocycles. The molecular formula is C65H139N2O10P. The van der Waals surface area contributed by atoms with Gasteiger partial charge in [0, 0.05) is 26.4 Å². The SMILES string of the molecule is CCCCCCCCCCCCCCOC[C@H](COCC(O)C(OC[C@@H](COCCCCCCCCCCCCCC)OCCCCCCCCCCCCCC)P(=O)(O)O)OCCCCCCCCCCCCCC.N.N. The van der Waals surface area contributed by atoms with Gasteiger partial charge < -0.3 is 55.6 Å². The molecule has 474 valence electrons. The Bertz CT molecular complexity index is 1140. The van der Waals surface area contributed by atoms with Crippen molar-refractivity contribution >= 4 is 7.60 Å². The van der Waals surface area contributed by atoms with Crippen LogP contribution < -0.4 is 12.3 Å². The molecule has 0 radical (unpaired) electrons. The maximum atomic E-state index is 12.8. The summed E-state index contributed by atoms with van der Waals surface area (Å²) < 4.78 is 49.4. The molecule has 4 atom stereocenters. The molecule has 78 heavy (non-hydrogen) atoms. The van der Waals surface area contributed by atoms with Crippen molar-refractivity contribution in [1.29, 1.82) is 0 Å². The number of aliphatic hydroxyl groups is 1. The molecule has 0 spiro atoms. The Morgan fingerprint density at radius 1 is 0.282 bits per heavy atom. The van der Waals surface area contributed by atoms with Crippen LogP contribution in [0.2, 0.25) is 0 Å². The number of rotatable bonds is 67. The highest BCUT2D eigenvalue weighted by Crippen LogP contribution is 2.44. The second-order valence-electron chi connectivity index (χ2n) is 23.1. The van der Waals surface area contributed by atoms with E-state index in [1.54, 1.807) is 0 Å². The highest BCUT2D eigenvalue weighted by molar-refractivity contribution is 7.52. The lowest BCUT2D eigenvalue weighted by Crippen LogP contribution is -2.38. The normalized spacial score (nSPS) is 13.4. The van der Waals surface area contributed by atoms with Crippen LogP contribution in [0.15, 0.2) is 0 Å². The average molecular weight is 1140 g/mol. The molecule has 0 rings (SSSR count). The predicted octanol–water partition coefficient (Wildman–Crippen LogP) is 19.8. The quantitative estimate of drug-likeness (QED) is 0.0285. The third-order valence-corrected chi connectivity index (χ3v) is 16.5. The standard InChI is InChI=1S/C65H133O10P.2H3N/c1-5-9-13-17-21-25-29-33-37-41-45-49-53-70-57-62(73-55-51-47-43-39-35-31-27-23-19-15-11-7-3)59-72-61-64(66)65(76(67,68)69)75-60-63(74-56-52-48-44-40-36-32-28-24-20-16-12-8-4)58-71-54-50-46-42-38-34-30-26-22-18-14-10-6-2;;/h62-66H,5-61H2,1-4H3,(H2,67,68,69);2*1H3/t62-,63-,64?,65?;;/m1../s1. The van der Waals surface area contributed by atoms with Crippen LogP contribution in [0.4, 0.5) is 0 Å². The van der Waals surface area contributed by atoms with Gasteiger partial charge in [0.25, 0.3) is 0 Å². The molecule has 0 aliphatic rings. The van der Waals surface area contributed by atoms with E-state index in [1.165, 1.54) is 257 Å². The van der Waals surface area contributed by atoms with E-state index >= 15 is 0 Å². The zero-order valence-electron chi connectivity index (χ0n) is 52.7. The molecule has 0 saturated carbocycles. The van der Waals surface area contributed by atoms with E-state index in [1.807, 2.05) is 0 Å². The van der Waals surface area contributed by atoms with Crippen molar-refractivity contribution in [3.8, 4) is 0 Å². The molecule has 0 bridgehead atoms. The maximum absolute atomic E-state index is 12.8. The average Bonchev–Trinajstić information content (AvgIpc) is 3.40. The Labute approximate surface area is 485 Å². The molecule has 0 aliphatic carbocycles. The van der Waals surface area contributed by atoms with Gasteiger partial charge in [-0.2, -0.15) is 0 Å². The number of hydrogen-bond acceptors (Lipinski definition) is 10. The van der Waals surface area contributed by atoms with Crippen LogP contribution in [-0.4, -0.2) is 98.5 Å². The highest BCUT2D eigenvalue weighted by Gasteiger charge is 2.37. The van der Waals surface area contributed by atoms with Crippen LogP contribution in [0, 0.1) is 0 Å². The molecule has 0 saturated heterocycles. The first-order valence-corrected chi connectivity index (χ1v) is 35.3. The van der Waals surface area contributed by atoms with Crippen molar-refractivity contribution in [3.63, 3.8) is 0 Å². The summed E-state index contributed by atoms with van der Waals surface area (Å²) in [4.78, 5) is 20.8. The molecule has 0 amide bonds. The molecular weight excluding hydrogens is 1000 g/mol.